The van der Waals surface area contributed by atoms with Gasteiger partial charge in [0.15, 0.2) is 5.82 Å². The van der Waals surface area contributed by atoms with Crippen molar-refractivity contribution in [3.63, 3.8) is 0 Å². The van der Waals surface area contributed by atoms with Gasteiger partial charge in [-0.2, -0.15) is 4.39 Å². The molecule has 0 saturated carbocycles. The third kappa shape index (κ3) is 3.68. The van der Waals surface area contributed by atoms with Gasteiger partial charge >= 0.3 is 0 Å². The maximum Gasteiger partial charge on any atom is 0.257 e. The number of rotatable bonds is 3. The number of benzene rings is 2. The zero-order chi connectivity index (χ0) is 18.8. The standard InChI is InChI=1S/C20H12BrFN4O/c21-13-6-7-14-15(20(27)24-19-9-8-18(22)25-26-19)11-16(23-17(14)10-13)12-4-2-1-3-5-12/h1-11H,(H,24,26,27). The molecule has 0 bridgehead atoms. The highest BCUT2D eigenvalue weighted by molar-refractivity contribution is 9.10. The third-order valence-electron chi connectivity index (χ3n) is 3.96. The SMILES string of the molecule is O=C(Nc1ccc(F)nn1)c1cc(-c2ccccc2)nc2cc(Br)ccc12. The van der Waals surface area contributed by atoms with Crippen LogP contribution in [0.2, 0.25) is 0 Å². The van der Waals surface area contributed by atoms with Crippen LogP contribution in [-0.4, -0.2) is 21.1 Å². The third-order valence-corrected chi connectivity index (χ3v) is 4.45. The van der Waals surface area contributed by atoms with Crippen molar-refractivity contribution < 1.29 is 9.18 Å². The smallest absolute Gasteiger partial charge is 0.257 e. The average Bonchev–Trinajstić information content (AvgIpc) is 2.69. The minimum atomic E-state index is -0.710. The molecular formula is C20H12BrFN4O. The average molecular weight is 423 g/mol. The summed E-state index contributed by atoms with van der Waals surface area (Å²) in [6, 6.07) is 19.4. The van der Waals surface area contributed by atoms with Crippen molar-refractivity contribution in [2.45, 2.75) is 0 Å². The van der Waals surface area contributed by atoms with Crippen molar-refractivity contribution in [2.24, 2.45) is 0 Å². The molecular weight excluding hydrogens is 411 g/mol. The number of fused-ring (bicyclic) bond motifs is 1. The van der Waals surface area contributed by atoms with Crippen LogP contribution >= 0.6 is 15.9 Å². The largest absolute Gasteiger partial charge is 0.305 e. The number of anilines is 1. The van der Waals surface area contributed by atoms with Crippen LogP contribution in [0.15, 0.2) is 71.2 Å². The monoisotopic (exact) mass is 422 g/mol. The molecule has 0 spiro atoms. The molecule has 0 fully saturated rings. The Hall–Kier alpha value is -3.19. The molecule has 1 amide bonds. The number of nitrogens with one attached hydrogen (secondary N) is 1. The molecule has 27 heavy (non-hydrogen) atoms. The van der Waals surface area contributed by atoms with Gasteiger partial charge in [-0.1, -0.05) is 52.3 Å². The highest BCUT2D eigenvalue weighted by Crippen LogP contribution is 2.27. The molecule has 0 radical (unpaired) electrons. The van der Waals surface area contributed by atoms with Crippen LogP contribution in [0.5, 0.6) is 0 Å². The van der Waals surface area contributed by atoms with Gasteiger partial charge in [0.05, 0.1) is 16.8 Å². The molecule has 0 unspecified atom stereocenters. The first-order chi connectivity index (χ1) is 13.1. The molecule has 132 valence electrons. The molecule has 4 aromatic rings. The van der Waals surface area contributed by atoms with Crippen LogP contribution in [0.1, 0.15) is 10.4 Å². The molecule has 4 rings (SSSR count). The number of pyridine rings is 1. The summed E-state index contributed by atoms with van der Waals surface area (Å²) in [4.78, 5) is 17.5. The Morgan fingerprint density at radius 2 is 1.78 bits per heavy atom. The number of halogens is 2. The van der Waals surface area contributed by atoms with Gasteiger partial charge in [-0.15, -0.1) is 10.2 Å². The van der Waals surface area contributed by atoms with Crippen LogP contribution in [-0.2, 0) is 0 Å². The van der Waals surface area contributed by atoms with E-state index in [9.17, 15) is 9.18 Å². The normalized spacial score (nSPS) is 10.7. The number of carbonyl (C=O) groups is 1. The van der Waals surface area contributed by atoms with Gasteiger partial charge < -0.3 is 5.32 Å². The van der Waals surface area contributed by atoms with Crippen LogP contribution in [0.25, 0.3) is 22.2 Å². The van der Waals surface area contributed by atoms with E-state index in [4.69, 9.17) is 0 Å². The molecule has 5 nitrogen and oxygen atoms in total. The molecule has 2 aromatic carbocycles. The van der Waals surface area contributed by atoms with Gasteiger partial charge in [-0.05, 0) is 30.3 Å². The topological polar surface area (TPSA) is 67.8 Å². The highest BCUT2D eigenvalue weighted by atomic mass is 79.9. The lowest BCUT2D eigenvalue weighted by atomic mass is 10.0. The minimum absolute atomic E-state index is 0.171. The van der Waals surface area contributed by atoms with E-state index >= 15 is 0 Å². The second-order valence-corrected chi connectivity index (χ2v) is 6.69. The Morgan fingerprint density at radius 1 is 0.963 bits per heavy atom. The molecule has 2 aromatic heterocycles. The minimum Gasteiger partial charge on any atom is -0.305 e. The van der Waals surface area contributed by atoms with E-state index in [1.807, 2.05) is 48.5 Å². The Kier molecular flexibility index (Phi) is 4.60. The van der Waals surface area contributed by atoms with Gasteiger partial charge in [-0.3, -0.25) is 4.79 Å². The van der Waals surface area contributed by atoms with Gasteiger partial charge in [0.2, 0.25) is 5.95 Å². The quantitative estimate of drug-likeness (QED) is 0.512. The van der Waals surface area contributed by atoms with Gasteiger partial charge in [-0.25, -0.2) is 4.98 Å². The number of carbonyl (C=O) groups excluding carboxylic acids is 1. The van der Waals surface area contributed by atoms with Crippen molar-refractivity contribution in [3.8, 4) is 11.3 Å². The first-order valence-corrected chi connectivity index (χ1v) is 8.86. The predicted molar refractivity (Wildman–Crippen MR) is 105 cm³/mol. The first kappa shape index (κ1) is 17.2. The summed E-state index contributed by atoms with van der Waals surface area (Å²) in [5, 5.41) is 10.3. The zero-order valence-electron chi connectivity index (χ0n) is 13.9. The van der Waals surface area contributed by atoms with E-state index in [1.54, 1.807) is 6.07 Å². The summed E-state index contributed by atoms with van der Waals surface area (Å²) in [7, 11) is 0. The molecule has 0 aliphatic rings. The maximum absolute atomic E-state index is 12.9. The Labute approximate surface area is 162 Å². The second kappa shape index (κ2) is 7.20. The number of nitrogens with zero attached hydrogens (tertiary/aromatic N) is 3. The number of amides is 1. The van der Waals surface area contributed by atoms with Crippen molar-refractivity contribution in [2.75, 3.05) is 5.32 Å². The molecule has 0 atom stereocenters. The van der Waals surface area contributed by atoms with Crippen molar-refractivity contribution in [3.05, 3.63) is 82.7 Å². The maximum atomic E-state index is 12.9. The van der Waals surface area contributed by atoms with Gasteiger partial charge in [0, 0.05) is 15.4 Å². The second-order valence-electron chi connectivity index (χ2n) is 5.78. The van der Waals surface area contributed by atoms with Crippen molar-refractivity contribution in [1.29, 1.82) is 0 Å². The summed E-state index contributed by atoms with van der Waals surface area (Å²) < 4.78 is 13.8. The van der Waals surface area contributed by atoms with E-state index in [0.29, 0.717) is 22.2 Å². The Bertz CT molecular complexity index is 1130. The van der Waals surface area contributed by atoms with E-state index in [-0.39, 0.29) is 11.7 Å². The Morgan fingerprint density at radius 3 is 2.52 bits per heavy atom. The van der Waals surface area contributed by atoms with Crippen molar-refractivity contribution in [1.82, 2.24) is 15.2 Å². The first-order valence-electron chi connectivity index (χ1n) is 8.06. The lowest BCUT2D eigenvalue weighted by molar-refractivity contribution is 0.102. The summed E-state index contributed by atoms with van der Waals surface area (Å²) in [5.74, 6) is -0.911. The molecule has 2 heterocycles. The van der Waals surface area contributed by atoms with E-state index < -0.39 is 5.95 Å². The van der Waals surface area contributed by atoms with Crippen LogP contribution in [0, 0.1) is 5.95 Å². The van der Waals surface area contributed by atoms with E-state index in [2.05, 4.69) is 36.4 Å². The van der Waals surface area contributed by atoms with Crippen LogP contribution in [0.3, 0.4) is 0 Å². The predicted octanol–water partition coefficient (Wildman–Crippen LogP) is 4.85. The molecule has 1 N–H and O–H groups in total. The molecule has 7 heteroatoms. The van der Waals surface area contributed by atoms with Gasteiger partial charge in [0.1, 0.15) is 0 Å². The van der Waals surface area contributed by atoms with Crippen molar-refractivity contribution >= 4 is 38.6 Å². The summed E-state index contributed by atoms with van der Waals surface area (Å²) in [5.41, 5.74) is 2.70. The summed E-state index contributed by atoms with van der Waals surface area (Å²) in [6.45, 7) is 0. The number of hydrogen-bond donors (Lipinski definition) is 1. The lowest BCUT2D eigenvalue weighted by Crippen LogP contribution is -2.14. The molecule has 0 saturated heterocycles. The highest BCUT2D eigenvalue weighted by Gasteiger charge is 2.15. The number of hydrogen-bond acceptors (Lipinski definition) is 4. The molecule has 0 aliphatic heterocycles. The van der Waals surface area contributed by atoms with Crippen LogP contribution in [0.4, 0.5) is 10.2 Å². The van der Waals surface area contributed by atoms with Gasteiger partial charge in [0.25, 0.3) is 5.91 Å². The van der Waals surface area contributed by atoms with E-state index in [0.717, 1.165) is 16.1 Å². The number of aromatic nitrogens is 3. The van der Waals surface area contributed by atoms with E-state index in [1.165, 1.54) is 6.07 Å². The fourth-order valence-electron chi connectivity index (χ4n) is 2.71. The molecule has 0 aliphatic carbocycles. The lowest BCUT2D eigenvalue weighted by Gasteiger charge is -2.10. The van der Waals surface area contributed by atoms with Crippen LogP contribution < -0.4 is 5.32 Å². The summed E-state index contributed by atoms with van der Waals surface area (Å²) in [6.07, 6.45) is 0. The fraction of sp³-hybridized carbons (Fsp3) is 0. The zero-order valence-corrected chi connectivity index (χ0v) is 15.4. The fourth-order valence-corrected chi connectivity index (χ4v) is 3.06. The Balaban J connectivity index is 1.82. The summed E-state index contributed by atoms with van der Waals surface area (Å²) >= 11 is 3.44.